The Labute approximate surface area is 106 Å². The third-order valence-corrected chi connectivity index (χ3v) is 3.14. The summed E-state index contributed by atoms with van der Waals surface area (Å²) in [5.74, 6) is 0. The zero-order valence-corrected chi connectivity index (χ0v) is 10.3. The number of hydrogen-bond donors (Lipinski definition) is 2. The number of fused-ring (bicyclic) bond motifs is 2. The molecule has 2 N–H and O–H groups in total. The molecule has 0 amide bonds. The Morgan fingerprint density at radius 3 is 2.58 bits per heavy atom. The molecule has 0 saturated heterocycles. The van der Waals surface area contributed by atoms with Crippen LogP contribution in [0.25, 0.3) is 22.2 Å². The van der Waals surface area contributed by atoms with E-state index in [4.69, 9.17) is 0 Å². The minimum absolute atomic E-state index is 0.0143. The molecule has 0 aliphatic rings. The summed E-state index contributed by atoms with van der Waals surface area (Å²) in [4.78, 5) is 31.4. The molecule has 1 aromatic carbocycles. The van der Waals surface area contributed by atoms with Crippen molar-refractivity contribution in [1.29, 1.82) is 0 Å². The maximum Gasteiger partial charge on any atom is 0.329 e. The van der Waals surface area contributed by atoms with Crippen LogP contribution in [0.2, 0.25) is 0 Å². The van der Waals surface area contributed by atoms with Gasteiger partial charge < -0.3 is 5.21 Å². The second-order valence-electron chi connectivity index (χ2n) is 4.44. The maximum absolute atomic E-state index is 12.2. The van der Waals surface area contributed by atoms with Gasteiger partial charge in [-0.2, -0.15) is 4.73 Å². The summed E-state index contributed by atoms with van der Waals surface area (Å²) >= 11 is 0. The number of aromatic amines is 2. The Bertz CT molecular complexity index is 939. The highest BCUT2D eigenvalue weighted by Gasteiger charge is 2.17. The van der Waals surface area contributed by atoms with Crippen LogP contribution in [0.15, 0.2) is 21.7 Å². The van der Waals surface area contributed by atoms with Crippen LogP contribution >= 0.6 is 0 Å². The van der Waals surface area contributed by atoms with Gasteiger partial charge in [-0.3, -0.25) is 14.8 Å². The molecule has 0 saturated carbocycles. The highest BCUT2D eigenvalue weighted by atomic mass is 16.5. The first-order valence-corrected chi connectivity index (χ1v) is 5.64. The maximum atomic E-state index is 12.2. The average Bonchev–Trinajstić information content (AvgIpc) is 2.31. The number of H-pyrrole nitrogens is 2. The van der Waals surface area contributed by atoms with Crippen molar-refractivity contribution >= 4 is 22.2 Å². The third-order valence-electron chi connectivity index (χ3n) is 3.14. The molecule has 96 valence electrons. The molecule has 0 fully saturated rings. The number of aromatic nitrogens is 4. The monoisotopic (exact) mass is 258 g/mol. The number of rotatable bonds is 0. The Balaban J connectivity index is 2.64. The van der Waals surface area contributed by atoms with Crippen molar-refractivity contribution in [2.45, 2.75) is 13.8 Å². The first-order chi connectivity index (χ1) is 8.97. The van der Waals surface area contributed by atoms with E-state index in [1.54, 1.807) is 12.1 Å². The molecule has 2 heterocycles. The van der Waals surface area contributed by atoms with Gasteiger partial charge in [-0.05, 0) is 31.0 Å². The molecule has 0 unspecified atom stereocenters. The van der Waals surface area contributed by atoms with E-state index in [-0.39, 0.29) is 11.2 Å². The van der Waals surface area contributed by atoms with Crippen LogP contribution < -0.4 is 16.0 Å². The molecular formula is C12H10N4O3. The Kier molecular flexibility index (Phi) is 2.19. The van der Waals surface area contributed by atoms with Gasteiger partial charge in [0.05, 0.1) is 0 Å². The average molecular weight is 258 g/mol. The van der Waals surface area contributed by atoms with E-state index in [9.17, 15) is 14.8 Å². The number of hydrogen-bond acceptors (Lipinski definition) is 4. The van der Waals surface area contributed by atoms with Gasteiger partial charge in [0.25, 0.3) is 0 Å². The van der Waals surface area contributed by atoms with E-state index in [2.05, 4.69) is 9.97 Å². The molecule has 7 nitrogen and oxygen atoms in total. The highest BCUT2D eigenvalue weighted by molar-refractivity contribution is 5.80. The van der Waals surface area contributed by atoms with Crippen molar-refractivity contribution in [2.24, 2.45) is 0 Å². The van der Waals surface area contributed by atoms with E-state index in [0.29, 0.717) is 15.8 Å². The van der Waals surface area contributed by atoms with Crippen LogP contribution in [0, 0.1) is 19.1 Å². The number of benzene rings is 1. The first-order valence-electron chi connectivity index (χ1n) is 5.64. The van der Waals surface area contributed by atoms with Crippen molar-refractivity contribution < 1.29 is 4.73 Å². The number of nitrogens with one attached hydrogen (secondary N) is 2. The van der Waals surface area contributed by atoms with E-state index >= 15 is 0 Å². The molecular weight excluding hydrogens is 248 g/mol. The minimum atomic E-state index is -0.749. The van der Waals surface area contributed by atoms with Gasteiger partial charge in [0.1, 0.15) is 5.52 Å². The lowest BCUT2D eigenvalue weighted by Gasteiger charge is -2.06. The Morgan fingerprint density at radius 1 is 1.16 bits per heavy atom. The van der Waals surface area contributed by atoms with Crippen LogP contribution in [0.5, 0.6) is 0 Å². The molecule has 0 aliphatic carbocycles. The second kappa shape index (κ2) is 3.64. The van der Waals surface area contributed by atoms with E-state index < -0.39 is 11.2 Å². The van der Waals surface area contributed by atoms with Crippen LogP contribution in [0.1, 0.15) is 11.1 Å². The lowest BCUT2D eigenvalue weighted by atomic mass is 10.1. The van der Waals surface area contributed by atoms with Gasteiger partial charge in [-0.25, -0.2) is 9.78 Å². The summed E-state index contributed by atoms with van der Waals surface area (Å²) in [6.45, 7) is 3.77. The molecule has 0 atom stereocenters. The SMILES string of the molecule is Cc1cc2nc3[nH]c(=O)[nH]c(=O)c3[n+]([O-])c2cc1C. The molecule has 0 spiro atoms. The summed E-state index contributed by atoms with van der Waals surface area (Å²) in [6, 6.07) is 3.42. The van der Waals surface area contributed by atoms with Crippen LogP contribution in [-0.2, 0) is 0 Å². The Morgan fingerprint density at radius 2 is 1.84 bits per heavy atom. The molecule has 0 aliphatic heterocycles. The summed E-state index contributed by atoms with van der Waals surface area (Å²) in [7, 11) is 0. The summed E-state index contributed by atoms with van der Waals surface area (Å²) in [6.07, 6.45) is 0. The number of nitrogens with zero attached hydrogens (tertiary/aromatic N) is 2. The molecule has 19 heavy (non-hydrogen) atoms. The predicted octanol–water partition coefficient (Wildman–Crippen LogP) is 0.0148. The van der Waals surface area contributed by atoms with Gasteiger partial charge in [0.2, 0.25) is 11.2 Å². The van der Waals surface area contributed by atoms with Gasteiger partial charge >= 0.3 is 16.8 Å². The zero-order valence-electron chi connectivity index (χ0n) is 10.3. The lowest BCUT2D eigenvalue weighted by molar-refractivity contribution is -0.549. The predicted molar refractivity (Wildman–Crippen MR) is 68.9 cm³/mol. The summed E-state index contributed by atoms with van der Waals surface area (Å²) in [5, 5.41) is 12.2. The molecule has 2 aromatic heterocycles. The minimum Gasteiger partial charge on any atom is -0.618 e. The quantitative estimate of drug-likeness (QED) is 0.336. The lowest BCUT2D eigenvalue weighted by Crippen LogP contribution is -2.37. The standard InChI is InChI=1S/C12H10N4O3/c1-5-3-7-8(4-6(5)2)16(19)9-10(13-7)14-12(18)15-11(9)17/h3-4H,1-2H3,(H2,13,14,15,17,18). The van der Waals surface area contributed by atoms with Gasteiger partial charge in [0, 0.05) is 6.07 Å². The van der Waals surface area contributed by atoms with E-state index in [0.717, 1.165) is 11.1 Å². The fourth-order valence-electron chi connectivity index (χ4n) is 2.02. The normalized spacial score (nSPS) is 11.3. The molecule has 7 heteroatoms. The topological polar surface area (TPSA) is 106 Å². The van der Waals surface area contributed by atoms with E-state index in [1.807, 2.05) is 18.8 Å². The van der Waals surface area contributed by atoms with Gasteiger partial charge in [-0.1, -0.05) is 0 Å². The molecule has 3 aromatic rings. The van der Waals surface area contributed by atoms with Crippen molar-refractivity contribution in [2.75, 3.05) is 0 Å². The summed E-state index contributed by atoms with van der Waals surface area (Å²) < 4.78 is 0.499. The Hall–Kier alpha value is -2.70. The van der Waals surface area contributed by atoms with Crippen molar-refractivity contribution in [3.05, 3.63) is 49.3 Å². The van der Waals surface area contributed by atoms with Crippen molar-refractivity contribution in [3.63, 3.8) is 0 Å². The zero-order chi connectivity index (χ0) is 13.7. The smallest absolute Gasteiger partial charge is 0.329 e. The molecule has 0 radical (unpaired) electrons. The van der Waals surface area contributed by atoms with Crippen LogP contribution in [-0.4, -0.2) is 15.0 Å². The molecule has 3 rings (SSSR count). The first kappa shape index (κ1) is 11.4. The fourth-order valence-corrected chi connectivity index (χ4v) is 2.02. The highest BCUT2D eigenvalue weighted by Crippen LogP contribution is 2.15. The second-order valence-corrected chi connectivity index (χ2v) is 4.44. The molecule has 0 bridgehead atoms. The summed E-state index contributed by atoms with van der Waals surface area (Å²) in [5.41, 5.74) is 0.995. The number of aryl methyl sites for hydroxylation is 2. The van der Waals surface area contributed by atoms with Gasteiger partial charge in [-0.15, -0.1) is 0 Å². The van der Waals surface area contributed by atoms with Crippen molar-refractivity contribution in [3.8, 4) is 0 Å². The van der Waals surface area contributed by atoms with Crippen LogP contribution in [0.4, 0.5) is 0 Å². The van der Waals surface area contributed by atoms with Gasteiger partial charge in [0.15, 0.2) is 0 Å². The van der Waals surface area contributed by atoms with E-state index in [1.165, 1.54) is 0 Å². The van der Waals surface area contributed by atoms with Crippen molar-refractivity contribution in [1.82, 2.24) is 15.0 Å². The third kappa shape index (κ3) is 1.59. The fraction of sp³-hybridized carbons (Fsp3) is 0.167. The van der Waals surface area contributed by atoms with Crippen LogP contribution in [0.3, 0.4) is 0 Å². The largest absolute Gasteiger partial charge is 0.618 e.